The quantitative estimate of drug-likeness (QED) is 0.406. The number of pyridine rings is 3. The third kappa shape index (κ3) is 2.46. The minimum Gasteiger partial charge on any atom is -0.399 e. The molecule has 0 atom stereocenters. The molecule has 0 aliphatic heterocycles. The summed E-state index contributed by atoms with van der Waals surface area (Å²) in [6, 6.07) is 24.4. The molecular weight excluding hydrogens is 370 g/mol. The lowest BCUT2D eigenvalue weighted by molar-refractivity contribution is 1.14. The Bertz CT molecular complexity index is 1540. The van der Waals surface area contributed by atoms with Gasteiger partial charge in [-0.15, -0.1) is 0 Å². The lowest BCUT2D eigenvalue weighted by Gasteiger charge is -2.10. The first-order chi connectivity index (χ1) is 14.8. The number of anilines is 1. The van der Waals surface area contributed by atoms with Crippen LogP contribution in [0.4, 0.5) is 5.69 Å². The summed E-state index contributed by atoms with van der Waals surface area (Å²) in [6.45, 7) is 0. The molecular formula is C25H17N5. The van der Waals surface area contributed by atoms with Crippen LogP contribution in [0.5, 0.6) is 0 Å². The smallest absolute Gasteiger partial charge is 0.145 e. The summed E-state index contributed by atoms with van der Waals surface area (Å²) in [5, 5.41) is 2.19. The summed E-state index contributed by atoms with van der Waals surface area (Å²) in [5.74, 6) is 0. The summed E-state index contributed by atoms with van der Waals surface area (Å²) in [6.07, 6.45) is 5.45. The number of rotatable bonds is 2. The molecule has 0 bridgehead atoms. The second kappa shape index (κ2) is 6.39. The van der Waals surface area contributed by atoms with Crippen molar-refractivity contribution in [1.82, 2.24) is 19.5 Å². The van der Waals surface area contributed by atoms with E-state index in [-0.39, 0.29) is 0 Å². The zero-order chi connectivity index (χ0) is 20.1. The molecule has 0 aliphatic rings. The highest BCUT2D eigenvalue weighted by molar-refractivity contribution is 6.08. The van der Waals surface area contributed by atoms with Gasteiger partial charge in [0.1, 0.15) is 5.65 Å². The van der Waals surface area contributed by atoms with Crippen molar-refractivity contribution in [3.63, 3.8) is 0 Å². The first-order valence-corrected chi connectivity index (χ1v) is 9.75. The Balaban J connectivity index is 1.55. The monoisotopic (exact) mass is 387 g/mol. The number of hydrogen-bond acceptors (Lipinski definition) is 4. The van der Waals surface area contributed by atoms with Crippen LogP contribution in [0.2, 0.25) is 0 Å². The first kappa shape index (κ1) is 16.7. The lowest BCUT2D eigenvalue weighted by Crippen LogP contribution is -1.95. The fourth-order valence-corrected chi connectivity index (χ4v) is 4.13. The van der Waals surface area contributed by atoms with E-state index < -0.39 is 0 Å². The topological polar surface area (TPSA) is 69.6 Å². The molecule has 6 rings (SSSR count). The van der Waals surface area contributed by atoms with E-state index in [0.29, 0.717) is 0 Å². The van der Waals surface area contributed by atoms with Crippen LogP contribution < -0.4 is 5.73 Å². The summed E-state index contributed by atoms with van der Waals surface area (Å²) in [4.78, 5) is 13.6. The van der Waals surface area contributed by atoms with Crippen molar-refractivity contribution in [2.75, 3.05) is 5.73 Å². The van der Waals surface area contributed by atoms with Crippen LogP contribution in [0.3, 0.4) is 0 Å². The van der Waals surface area contributed by atoms with Gasteiger partial charge in [0.25, 0.3) is 0 Å². The predicted octanol–water partition coefficient (Wildman–Crippen LogP) is 5.37. The number of fused-ring (bicyclic) bond motifs is 4. The molecule has 142 valence electrons. The van der Waals surface area contributed by atoms with Crippen LogP contribution in [0, 0.1) is 0 Å². The summed E-state index contributed by atoms with van der Waals surface area (Å²) >= 11 is 0. The third-order valence-electron chi connectivity index (χ3n) is 5.48. The third-order valence-corrected chi connectivity index (χ3v) is 5.48. The molecule has 0 saturated heterocycles. The van der Waals surface area contributed by atoms with Gasteiger partial charge in [0.2, 0.25) is 0 Å². The molecule has 0 amide bonds. The molecule has 0 radical (unpaired) electrons. The molecule has 6 aromatic rings. The predicted molar refractivity (Wildman–Crippen MR) is 122 cm³/mol. The van der Waals surface area contributed by atoms with E-state index in [2.05, 4.69) is 55.9 Å². The summed E-state index contributed by atoms with van der Waals surface area (Å²) < 4.78 is 2.18. The molecule has 2 aromatic carbocycles. The van der Waals surface area contributed by atoms with E-state index in [1.54, 1.807) is 6.20 Å². The Morgan fingerprint density at radius 1 is 0.700 bits per heavy atom. The molecule has 4 aromatic heterocycles. The molecule has 0 aliphatic carbocycles. The van der Waals surface area contributed by atoms with E-state index in [0.717, 1.165) is 55.5 Å². The van der Waals surface area contributed by atoms with Crippen LogP contribution in [0.1, 0.15) is 0 Å². The average Bonchev–Trinajstić information content (AvgIpc) is 3.12. The van der Waals surface area contributed by atoms with Gasteiger partial charge in [-0.25, -0.2) is 4.98 Å². The van der Waals surface area contributed by atoms with Gasteiger partial charge < -0.3 is 5.73 Å². The van der Waals surface area contributed by atoms with Gasteiger partial charge in [-0.1, -0.05) is 12.1 Å². The first-order valence-electron chi connectivity index (χ1n) is 9.75. The summed E-state index contributed by atoms with van der Waals surface area (Å²) in [5.41, 5.74) is 13.8. The maximum absolute atomic E-state index is 6.05. The highest BCUT2D eigenvalue weighted by atomic mass is 15.0. The minimum absolute atomic E-state index is 0.748. The Morgan fingerprint density at radius 2 is 1.53 bits per heavy atom. The van der Waals surface area contributed by atoms with Crippen LogP contribution in [0.15, 0.2) is 91.4 Å². The van der Waals surface area contributed by atoms with Crippen molar-refractivity contribution >= 4 is 38.7 Å². The van der Waals surface area contributed by atoms with Gasteiger partial charge in [-0.2, -0.15) is 0 Å². The van der Waals surface area contributed by atoms with E-state index in [4.69, 9.17) is 5.73 Å². The Hall–Kier alpha value is -4.25. The van der Waals surface area contributed by atoms with Crippen molar-refractivity contribution in [1.29, 1.82) is 0 Å². The van der Waals surface area contributed by atoms with Gasteiger partial charge in [0.15, 0.2) is 0 Å². The number of nitrogens with zero attached hydrogens (tertiary/aromatic N) is 4. The standard InChI is InChI=1S/C25H17N5/c26-17-7-10-23-21(15-17)20-3-1-13-29-25(20)30(23)18-8-5-16(6-9-18)19-11-14-27-22-4-2-12-28-24(19)22/h1-15H,26H2. The highest BCUT2D eigenvalue weighted by Gasteiger charge is 2.13. The van der Waals surface area contributed by atoms with Crippen LogP contribution >= 0.6 is 0 Å². The molecule has 0 fully saturated rings. The number of nitrogen functional groups attached to an aromatic ring is 1. The zero-order valence-corrected chi connectivity index (χ0v) is 16.0. The maximum atomic E-state index is 6.05. The molecule has 5 heteroatoms. The van der Waals surface area contributed by atoms with Gasteiger partial charge in [0.05, 0.1) is 16.6 Å². The van der Waals surface area contributed by atoms with Crippen LogP contribution in [-0.2, 0) is 0 Å². The molecule has 0 unspecified atom stereocenters. The molecule has 5 nitrogen and oxygen atoms in total. The summed E-state index contributed by atoms with van der Waals surface area (Å²) in [7, 11) is 0. The van der Waals surface area contributed by atoms with Gasteiger partial charge in [-0.3, -0.25) is 14.5 Å². The number of hydrogen-bond donors (Lipinski definition) is 1. The van der Waals surface area contributed by atoms with E-state index in [9.17, 15) is 0 Å². The number of benzene rings is 2. The van der Waals surface area contributed by atoms with Crippen LogP contribution in [-0.4, -0.2) is 19.5 Å². The van der Waals surface area contributed by atoms with Crippen molar-refractivity contribution in [3.05, 3.63) is 91.4 Å². The van der Waals surface area contributed by atoms with E-state index in [1.807, 2.05) is 48.8 Å². The number of aromatic nitrogens is 4. The normalized spacial score (nSPS) is 11.5. The minimum atomic E-state index is 0.748. The SMILES string of the molecule is Nc1ccc2c(c1)c1cccnc1n2-c1ccc(-c2ccnc3cccnc23)cc1. The second-order valence-corrected chi connectivity index (χ2v) is 7.26. The van der Waals surface area contributed by atoms with E-state index >= 15 is 0 Å². The fraction of sp³-hybridized carbons (Fsp3) is 0. The molecule has 4 heterocycles. The van der Waals surface area contributed by atoms with Gasteiger partial charge in [-0.05, 0) is 66.2 Å². The number of nitrogens with two attached hydrogens (primary N) is 1. The Labute approximate surface area is 172 Å². The largest absolute Gasteiger partial charge is 0.399 e. The zero-order valence-electron chi connectivity index (χ0n) is 16.0. The average molecular weight is 387 g/mol. The molecule has 2 N–H and O–H groups in total. The van der Waals surface area contributed by atoms with Crippen molar-refractivity contribution in [2.24, 2.45) is 0 Å². The van der Waals surface area contributed by atoms with Crippen molar-refractivity contribution < 1.29 is 0 Å². The van der Waals surface area contributed by atoms with Crippen molar-refractivity contribution in [2.45, 2.75) is 0 Å². The second-order valence-electron chi connectivity index (χ2n) is 7.26. The highest BCUT2D eigenvalue weighted by Crippen LogP contribution is 2.33. The molecule has 0 saturated carbocycles. The van der Waals surface area contributed by atoms with Crippen molar-refractivity contribution in [3.8, 4) is 16.8 Å². The van der Waals surface area contributed by atoms with Crippen LogP contribution in [0.25, 0.3) is 49.8 Å². The van der Waals surface area contributed by atoms with E-state index in [1.165, 1.54) is 0 Å². The van der Waals surface area contributed by atoms with Gasteiger partial charge in [0, 0.05) is 46.3 Å². The fourth-order valence-electron chi connectivity index (χ4n) is 4.13. The molecule has 30 heavy (non-hydrogen) atoms. The van der Waals surface area contributed by atoms with Gasteiger partial charge >= 0.3 is 0 Å². The molecule has 0 spiro atoms. The maximum Gasteiger partial charge on any atom is 0.145 e. The Kier molecular flexibility index (Phi) is 3.55. The lowest BCUT2D eigenvalue weighted by atomic mass is 10.0. The Morgan fingerprint density at radius 3 is 2.43 bits per heavy atom.